The Balaban J connectivity index is 2.00. The van der Waals surface area contributed by atoms with Crippen molar-refractivity contribution in [2.45, 2.75) is 32.2 Å². The number of benzene rings is 1. The lowest BCUT2D eigenvalue weighted by Gasteiger charge is -2.24. The van der Waals surface area contributed by atoms with Crippen LogP contribution in [0.3, 0.4) is 0 Å². The molecule has 1 saturated heterocycles. The Bertz CT molecular complexity index is 1050. The summed E-state index contributed by atoms with van der Waals surface area (Å²) < 4.78 is 32.4. The van der Waals surface area contributed by atoms with Crippen molar-refractivity contribution in [3.05, 3.63) is 33.6 Å². The Morgan fingerprint density at radius 3 is 2.41 bits per heavy atom. The number of aromatic carboxylic acids is 1. The van der Waals surface area contributed by atoms with Crippen molar-refractivity contribution in [3.8, 4) is 0 Å². The summed E-state index contributed by atoms with van der Waals surface area (Å²) in [5.41, 5.74) is 9.37. The van der Waals surface area contributed by atoms with Gasteiger partial charge in [0, 0.05) is 25.3 Å². The Morgan fingerprint density at radius 2 is 1.90 bits per heavy atom. The van der Waals surface area contributed by atoms with Crippen LogP contribution >= 0.6 is 0 Å². The summed E-state index contributed by atoms with van der Waals surface area (Å²) in [6.07, 6.45) is 3.43. The number of fused-ring (bicyclic) bond motifs is 1. The SMILES string of the molecule is CC[C@H]1CN(c2c(F)c(N)c3c(=O)c(C(=O)O)cn(C4CC4)c3c2F)C[C@@H]1CN. The molecule has 2 atom stereocenters. The van der Waals surface area contributed by atoms with Crippen LogP contribution in [0.1, 0.15) is 42.6 Å². The van der Waals surface area contributed by atoms with Gasteiger partial charge in [0.1, 0.15) is 11.3 Å². The van der Waals surface area contributed by atoms with Gasteiger partial charge in [0.05, 0.1) is 16.6 Å². The number of carboxylic acids is 1. The van der Waals surface area contributed by atoms with E-state index < -0.39 is 39.7 Å². The van der Waals surface area contributed by atoms with Crippen LogP contribution in [0.5, 0.6) is 0 Å². The van der Waals surface area contributed by atoms with Crippen molar-refractivity contribution in [1.82, 2.24) is 4.57 Å². The predicted molar refractivity (Wildman–Crippen MR) is 106 cm³/mol. The number of rotatable bonds is 5. The second-order valence-electron chi connectivity index (χ2n) is 8.00. The van der Waals surface area contributed by atoms with E-state index in [0.29, 0.717) is 19.6 Å². The maximum Gasteiger partial charge on any atom is 0.341 e. The largest absolute Gasteiger partial charge is 0.477 e. The van der Waals surface area contributed by atoms with Crippen molar-refractivity contribution < 1.29 is 18.7 Å². The highest BCUT2D eigenvalue weighted by atomic mass is 19.1. The quantitative estimate of drug-likeness (QED) is 0.657. The molecule has 29 heavy (non-hydrogen) atoms. The molecule has 9 heteroatoms. The summed E-state index contributed by atoms with van der Waals surface area (Å²) in [5.74, 6) is -3.04. The third-order valence-corrected chi connectivity index (χ3v) is 6.25. The molecule has 2 aromatic rings. The second-order valence-corrected chi connectivity index (χ2v) is 8.00. The van der Waals surface area contributed by atoms with Crippen LogP contribution < -0.4 is 21.8 Å². The van der Waals surface area contributed by atoms with Crippen molar-refractivity contribution in [2.75, 3.05) is 30.3 Å². The molecule has 4 rings (SSSR count). The minimum absolute atomic E-state index is 0.107. The minimum Gasteiger partial charge on any atom is -0.477 e. The van der Waals surface area contributed by atoms with Gasteiger partial charge in [-0.05, 0) is 31.2 Å². The normalized spacial score (nSPS) is 21.9. The Labute approximate surface area is 165 Å². The van der Waals surface area contributed by atoms with Gasteiger partial charge in [0.25, 0.3) is 0 Å². The number of carbonyl (C=O) groups is 1. The average Bonchev–Trinajstić information content (AvgIpc) is 3.45. The van der Waals surface area contributed by atoms with E-state index in [-0.39, 0.29) is 29.1 Å². The third kappa shape index (κ3) is 2.95. The van der Waals surface area contributed by atoms with Crippen LogP contribution in [0.15, 0.2) is 11.0 Å². The van der Waals surface area contributed by atoms with Gasteiger partial charge < -0.3 is 26.0 Å². The van der Waals surface area contributed by atoms with Crippen molar-refractivity contribution in [2.24, 2.45) is 17.6 Å². The van der Waals surface area contributed by atoms with Crippen molar-refractivity contribution in [3.63, 3.8) is 0 Å². The highest BCUT2D eigenvalue weighted by Crippen LogP contribution is 2.43. The van der Waals surface area contributed by atoms with Crippen LogP contribution in [-0.2, 0) is 0 Å². The Hall–Kier alpha value is -2.68. The highest BCUT2D eigenvalue weighted by molar-refractivity contribution is 5.99. The molecule has 1 aliphatic carbocycles. The fraction of sp³-hybridized carbons (Fsp3) is 0.500. The lowest BCUT2D eigenvalue weighted by Crippen LogP contribution is -2.27. The third-order valence-electron chi connectivity index (χ3n) is 6.25. The van der Waals surface area contributed by atoms with Crippen LogP contribution in [0.25, 0.3) is 10.9 Å². The molecular weight excluding hydrogens is 382 g/mol. The number of aromatic nitrogens is 1. The van der Waals surface area contributed by atoms with Crippen molar-refractivity contribution >= 4 is 28.2 Å². The first-order chi connectivity index (χ1) is 13.8. The number of hydrogen-bond donors (Lipinski definition) is 3. The number of nitrogens with zero attached hydrogens (tertiary/aromatic N) is 2. The molecule has 156 valence electrons. The molecule has 0 spiro atoms. The molecule has 1 saturated carbocycles. The molecule has 1 aliphatic heterocycles. The molecule has 0 amide bonds. The fourth-order valence-electron chi connectivity index (χ4n) is 4.47. The molecule has 1 aromatic carbocycles. The van der Waals surface area contributed by atoms with Gasteiger partial charge in [0.15, 0.2) is 11.6 Å². The lowest BCUT2D eigenvalue weighted by molar-refractivity contribution is 0.0695. The molecule has 0 radical (unpaired) electrons. The van der Waals surface area contributed by atoms with Crippen LogP contribution in [0.4, 0.5) is 20.2 Å². The fourth-order valence-corrected chi connectivity index (χ4v) is 4.47. The zero-order chi connectivity index (χ0) is 21.0. The minimum atomic E-state index is -1.45. The summed E-state index contributed by atoms with van der Waals surface area (Å²) in [6, 6.07) is -0.137. The van der Waals surface area contributed by atoms with E-state index in [1.807, 2.05) is 6.92 Å². The van der Waals surface area contributed by atoms with E-state index in [0.717, 1.165) is 25.5 Å². The van der Waals surface area contributed by atoms with Crippen LogP contribution in [0.2, 0.25) is 0 Å². The number of halogens is 2. The number of anilines is 2. The van der Waals surface area contributed by atoms with Crippen LogP contribution in [-0.4, -0.2) is 35.3 Å². The maximum atomic E-state index is 15.7. The predicted octanol–water partition coefficient (Wildman–Crippen LogP) is 2.32. The molecule has 7 nitrogen and oxygen atoms in total. The molecule has 0 unspecified atom stereocenters. The van der Waals surface area contributed by atoms with Gasteiger partial charge in [-0.2, -0.15) is 0 Å². The topological polar surface area (TPSA) is 115 Å². The molecule has 5 N–H and O–H groups in total. The number of pyridine rings is 1. The molecular formula is C20H24F2N4O3. The van der Waals surface area contributed by atoms with E-state index in [9.17, 15) is 14.7 Å². The number of carboxylic acid groups (broad SMARTS) is 1. The summed E-state index contributed by atoms with van der Waals surface area (Å²) >= 11 is 0. The zero-order valence-corrected chi connectivity index (χ0v) is 16.1. The number of nitrogen functional groups attached to an aromatic ring is 1. The standard InChI is InChI=1S/C20H24F2N4O3/c1-2-9-6-25(7-10(9)5-23)18-14(21)16(24)13-17(15(18)22)26(11-3-4-11)8-12(19(13)27)20(28)29/h8-11H,2-7,23-24H2,1H3,(H,28,29)/t9-,10-/m0/s1. The van der Waals surface area contributed by atoms with Gasteiger partial charge in [-0.1, -0.05) is 13.3 Å². The summed E-state index contributed by atoms with van der Waals surface area (Å²) in [6.45, 7) is 3.26. The zero-order valence-electron chi connectivity index (χ0n) is 16.1. The molecule has 2 aliphatic rings. The second kappa shape index (κ2) is 6.98. The van der Waals surface area contributed by atoms with E-state index in [1.165, 1.54) is 4.57 Å². The molecule has 1 aromatic heterocycles. The monoisotopic (exact) mass is 406 g/mol. The maximum absolute atomic E-state index is 15.7. The lowest BCUT2D eigenvalue weighted by atomic mass is 9.94. The Kier molecular flexibility index (Phi) is 4.72. The van der Waals surface area contributed by atoms with Crippen molar-refractivity contribution in [1.29, 1.82) is 0 Å². The van der Waals surface area contributed by atoms with E-state index in [2.05, 4.69) is 0 Å². The summed E-state index contributed by atoms with van der Waals surface area (Å²) in [5, 5.41) is 8.95. The van der Waals surface area contributed by atoms with Gasteiger partial charge in [-0.3, -0.25) is 4.79 Å². The molecule has 0 bridgehead atoms. The van der Waals surface area contributed by atoms with E-state index in [4.69, 9.17) is 11.5 Å². The van der Waals surface area contributed by atoms with Gasteiger partial charge >= 0.3 is 5.97 Å². The van der Waals surface area contributed by atoms with Gasteiger partial charge in [-0.25, -0.2) is 13.6 Å². The van der Waals surface area contributed by atoms with E-state index in [1.54, 1.807) is 4.90 Å². The first kappa shape index (κ1) is 19.6. The number of hydrogen-bond acceptors (Lipinski definition) is 5. The van der Waals surface area contributed by atoms with Gasteiger partial charge in [0.2, 0.25) is 5.43 Å². The summed E-state index contributed by atoms with van der Waals surface area (Å²) in [7, 11) is 0. The summed E-state index contributed by atoms with van der Waals surface area (Å²) in [4.78, 5) is 25.8. The van der Waals surface area contributed by atoms with Gasteiger partial charge in [-0.15, -0.1) is 0 Å². The first-order valence-electron chi connectivity index (χ1n) is 9.83. The number of nitrogens with two attached hydrogens (primary N) is 2. The average molecular weight is 406 g/mol. The molecule has 2 fully saturated rings. The first-order valence-corrected chi connectivity index (χ1v) is 9.83. The van der Waals surface area contributed by atoms with E-state index >= 15 is 8.78 Å². The van der Waals surface area contributed by atoms with Crippen LogP contribution in [0, 0.1) is 23.5 Å². The molecule has 2 heterocycles. The smallest absolute Gasteiger partial charge is 0.341 e. The Morgan fingerprint density at radius 1 is 1.24 bits per heavy atom. The highest BCUT2D eigenvalue weighted by Gasteiger charge is 2.37.